The lowest BCUT2D eigenvalue weighted by atomic mass is 10.2. The van der Waals surface area contributed by atoms with Crippen LogP contribution in [0.15, 0.2) is 59.8 Å². The highest BCUT2D eigenvalue weighted by atomic mass is 32.2. The van der Waals surface area contributed by atoms with E-state index in [4.69, 9.17) is 0 Å². The van der Waals surface area contributed by atoms with Gasteiger partial charge in [0.15, 0.2) is 0 Å². The second kappa shape index (κ2) is 4.84. The summed E-state index contributed by atoms with van der Waals surface area (Å²) in [7, 11) is -4.00. The molecular weight excluding hydrogens is 317 g/mol. The molecule has 0 spiro atoms. The van der Waals surface area contributed by atoms with Crippen LogP contribution in [-0.4, -0.2) is 17.4 Å². The van der Waals surface area contributed by atoms with Gasteiger partial charge in [0.05, 0.1) is 21.5 Å². The standard InChI is InChI=1S/C14H9F3N2O2S/c15-14(16,17)10-5-7-11(8-6-10)22(20,21)19-9-18-12-3-1-2-4-13(12)19/h1-9H. The van der Waals surface area contributed by atoms with Crippen molar-refractivity contribution in [2.75, 3.05) is 0 Å². The van der Waals surface area contributed by atoms with Crippen LogP contribution in [0.2, 0.25) is 0 Å². The summed E-state index contributed by atoms with van der Waals surface area (Å²) in [5, 5.41) is 0. The molecule has 0 atom stereocenters. The maximum atomic E-state index is 12.5. The Balaban J connectivity index is 2.10. The van der Waals surface area contributed by atoms with Gasteiger partial charge in [-0.25, -0.2) is 17.4 Å². The summed E-state index contributed by atoms with van der Waals surface area (Å²) in [6.07, 6.45) is -3.37. The van der Waals surface area contributed by atoms with Crippen LogP contribution in [0.3, 0.4) is 0 Å². The summed E-state index contributed by atoms with van der Waals surface area (Å²) in [6, 6.07) is 9.95. The Hall–Kier alpha value is -2.35. The van der Waals surface area contributed by atoms with Crippen molar-refractivity contribution in [2.45, 2.75) is 11.1 Å². The van der Waals surface area contributed by atoms with Crippen LogP contribution < -0.4 is 0 Å². The van der Waals surface area contributed by atoms with Gasteiger partial charge in [0.25, 0.3) is 10.0 Å². The highest BCUT2D eigenvalue weighted by Crippen LogP contribution is 2.30. The van der Waals surface area contributed by atoms with E-state index >= 15 is 0 Å². The monoisotopic (exact) mass is 326 g/mol. The zero-order valence-electron chi connectivity index (χ0n) is 10.9. The molecule has 3 rings (SSSR count). The molecule has 2 aromatic carbocycles. The van der Waals surface area contributed by atoms with Gasteiger partial charge in [-0.15, -0.1) is 0 Å². The van der Waals surface area contributed by atoms with Gasteiger partial charge >= 0.3 is 6.18 Å². The number of halogens is 3. The number of benzene rings is 2. The molecule has 1 heterocycles. The van der Waals surface area contributed by atoms with Gasteiger partial charge in [0.1, 0.15) is 6.33 Å². The predicted molar refractivity (Wildman–Crippen MR) is 73.8 cm³/mol. The van der Waals surface area contributed by atoms with Crippen molar-refractivity contribution in [1.29, 1.82) is 0 Å². The van der Waals surface area contributed by atoms with E-state index in [1.54, 1.807) is 24.3 Å². The molecule has 0 saturated carbocycles. The molecule has 0 aliphatic heterocycles. The van der Waals surface area contributed by atoms with Gasteiger partial charge in [-0.05, 0) is 36.4 Å². The fourth-order valence-corrected chi connectivity index (χ4v) is 3.35. The first kappa shape index (κ1) is 14.6. The van der Waals surface area contributed by atoms with Gasteiger partial charge in [-0.3, -0.25) is 0 Å². The molecule has 0 aliphatic rings. The molecule has 3 aromatic rings. The molecule has 0 amide bonds. The normalized spacial score (nSPS) is 12.7. The third kappa shape index (κ3) is 2.35. The van der Waals surface area contributed by atoms with Crippen LogP contribution in [-0.2, 0) is 16.2 Å². The van der Waals surface area contributed by atoms with E-state index in [1.165, 1.54) is 0 Å². The number of hydrogen-bond donors (Lipinski definition) is 0. The molecule has 0 radical (unpaired) electrons. The van der Waals surface area contributed by atoms with Crippen molar-refractivity contribution in [3.63, 3.8) is 0 Å². The van der Waals surface area contributed by atoms with E-state index in [0.717, 1.165) is 34.6 Å². The topological polar surface area (TPSA) is 52.0 Å². The van der Waals surface area contributed by atoms with Crippen LogP contribution in [0.25, 0.3) is 11.0 Å². The Kier molecular flexibility index (Phi) is 3.21. The van der Waals surface area contributed by atoms with Crippen LogP contribution in [0.1, 0.15) is 5.56 Å². The quantitative estimate of drug-likeness (QED) is 0.726. The molecule has 0 saturated heterocycles. The maximum Gasteiger partial charge on any atom is 0.416 e. The SMILES string of the molecule is O=S(=O)(c1ccc(C(F)(F)F)cc1)n1cnc2ccccc21. The van der Waals surface area contributed by atoms with E-state index < -0.39 is 21.8 Å². The fraction of sp³-hybridized carbons (Fsp3) is 0.0714. The molecule has 22 heavy (non-hydrogen) atoms. The van der Waals surface area contributed by atoms with Crippen molar-refractivity contribution in [3.8, 4) is 0 Å². The minimum Gasteiger partial charge on any atom is -0.236 e. The predicted octanol–water partition coefficient (Wildman–Crippen LogP) is 3.29. The van der Waals surface area contributed by atoms with Crippen molar-refractivity contribution >= 4 is 21.1 Å². The lowest BCUT2D eigenvalue weighted by molar-refractivity contribution is -0.137. The van der Waals surface area contributed by atoms with E-state index in [1.807, 2.05) is 0 Å². The average Bonchev–Trinajstić information content (AvgIpc) is 2.91. The lowest BCUT2D eigenvalue weighted by Gasteiger charge is -2.09. The molecule has 0 unspecified atom stereocenters. The van der Waals surface area contributed by atoms with Crippen molar-refractivity contribution in [2.24, 2.45) is 0 Å². The number of aromatic nitrogens is 2. The maximum absolute atomic E-state index is 12.5. The van der Waals surface area contributed by atoms with Crippen molar-refractivity contribution < 1.29 is 21.6 Å². The second-order valence-corrected chi connectivity index (χ2v) is 6.37. The Labute approximate surface area is 123 Å². The van der Waals surface area contributed by atoms with E-state index in [2.05, 4.69) is 4.98 Å². The summed E-state index contributed by atoms with van der Waals surface area (Å²) < 4.78 is 63.6. The average molecular weight is 326 g/mol. The first-order valence-corrected chi connectivity index (χ1v) is 7.59. The van der Waals surface area contributed by atoms with Gasteiger partial charge in [-0.2, -0.15) is 13.2 Å². The zero-order valence-corrected chi connectivity index (χ0v) is 11.8. The van der Waals surface area contributed by atoms with Crippen LogP contribution in [0.5, 0.6) is 0 Å². The Bertz CT molecular complexity index is 929. The highest BCUT2D eigenvalue weighted by Gasteiger charge is 2.31. The smallest absolute Gasteiger partial charge is 0.236 e. The third-order valence-corrected chi connectivity index (χ3v) is 4.84. The first-order valence-electron chi connectivity index (χ1n) is 6.15. The van der Waals surface area contributed by atoms with Crippen molar-refractivity contribution in [3.05, 3.63) is 60.4 Å². The zero-order chi connectivity index (χ0) is 16.0. The summed E-state index contributed by atoms with van der Waals surface area (Å²) in [6.45, 7) is 0. The minimum absolute atomic E-state index is 0.233. The summed E-state index contributed by atoms with van der Waals surface area (Å²) in [5.74, 6) is 0. The first-order chi connectivity index (χ1) is 10.3. The number of imidazole rings is 1. The van der Waals surface area contributed by atoms with Gasteiger partial charge in [-0.1, -0.05) is 12.1 Å². The minimum atomic E-state index is -4.51. The Morgan fingerprint density at radius 1 is 0.955 bits per heavy atom. The number of alkyl halides is 3. The molecule has 4 nitrogen and oxygen atoms in total. The van der Waals surface area contributed by atoms with Gasteiger partial charge < -0.3 is 0 Å². The van der Waals surface area contributed by atoms with Gasteiger partial charge in [0, 0.05) is 0 Å². The number of hydrogen-bond acceptors (Lipinski definition) is 3. The molecular formula is C14H9F3N2O2S. The number of rotatable bonds is 2. The molecule has 1 aromatic heterocycles. The molecule has 0 fully saturated rings. The molecule has 0 bridgehead atoms. The second-order valence-electron chi connectivity index (χ2n) is 4.56. The van der Waals surface area contributed by atoms with E-state index in [9.17, 15) is 21.6 Å². The molecule has 8 heteroatoms. The Morgan fingerprint density at radius 2 is 1.59 bits per heavy atom. The van der Waals surface area contributed by atoms with E-state index in [-0.39, 0.29) is 4.90 Å². The number of nitrogens with zero attached hydrogens (tertiary/aromatic N) is 2. The van der Waals surface area contributed by atoms with Crippen LogP contribution >= 0.6 is 0 Å². The number of fused-ring (bicyclic) bond motifs is 1. The summed E-state index contributed by atoms with van der Waals surface area (Å²) >= 11 is 0. The van der Waals surface area contributed by atoms with Gasteiger partial charge in [0.2, 0.25) is 0 Å². The van der Waals surface area contributed by atoms with Crippen molar-refractivity contribution in [1.82, 2.24) is 8.96 Å². The van der Waals surface area contributed by atoms with Crippen LogP contribution in [0, 0.1) is 0 Å². The summed E-state index contributed by atoms with van der Waals surface area (Å²) in [5.41, 5.74) is -0.0534. The molecule has 114 valence electrons. The lowest BCUT2D eigenvalue weighted by Crippen LogP contribution is -2.12. The largest absolute Gasteiger partial charge is 0.416 e. The number of para-hydroxylation sites is 2. The molecule has 0 N–H and O–H groups in total. The van der Waals surface area contributed by atoms with E-state index in [0.29, 0.717) is 11.0 Å². The fourth-order valence-electron chi connectivity index (χ4n) is 2.06. The highest BCUT2D eigenvalue weighted by molar-refractivity contribution is 7.90. The molecule has 0 aliphatic carbocycles. The third-order valence-electron chi connectivity index (χ3n) is 3.16. The summed E-state index contributed by atoms with van der Waals surface area (Å²) in [4.78, 5) is 3.74. The van der Waals surface area contributed by atoms with Crippen LogP contribution in [0.4, 0.5) is 13.2 Å². The Morgan fingerprint density at radius 3 is 2.23 bits per heavy atom.